The lowest BCUT2D eigenvalue weighted by Gasteiger charge is -2.40. The Bertz CT molecular complexity index is 735. The topological polar surface area (TPSA) is 157 Å². The van der Waals surface area contributed by atoms with Crippen molar-refractivity contribution in [1.29, 1.82) is 0 Å². The van der Waals surface area contributed by atoms with Crippen LogP contribution in [-0.2, 0) is 9.53 Å². The van der Waals surface area contributed by atoms with Crippen molar-refractivity contribution in [3.05, 3.63) is 35.4 Å². The predicted octanol–water partition coefficient (Wildman–Crippen LogP) is -2.02. The first-order valence-electron chi connectivity index (χ1n) is 8.90. The molecule has 1 fully saturated rings. The molecule has 1 saturated heterocycles. The second kappa shape index (κ2) is 8.33. The van der Waals surface area contributed by atoms with E-state index in [2.05, 4.69) is 5.32 Å². The van der Waals surface area contributed by atoms with E-state index in [1.807, 2.05) is 0 Å². The number of hydrogen-bond donors (Lipinski definition) is 5. The second-order valence-corrected chi connectivity index (χ2v) is 6.73. The quantitative estimate of drug-likeness (QED) is 0.346. The number of hydrogen-bond acceptors (Lipinski definition) is 8. The van der Waals surface area contributed by atoms with Gasteiger partial charge in [0.2, 0.25) is 5.91 Å². The number of nitrogens with zero attached hydrogens (tertiary/aromatic N) is 1. The van der Waals surface area contributed by atoms with E-state index < -0.39 is 55.0 Å². The van der Waals surface area contributed by atoms with Crippen LogP contribution in [0.4, 0.5) is 0 Å². The summed E-state index contributed by atoms with van der Waals surface area (Å²) in [5.74, 6) is -1.38. The molecule has 3 amide bonds. The first kappa shape index (κ1) is 20.4. The molecule has 5 N–H and O–H groups in total. The first-order chi connectivity index (χ1) is 13.3. The molecule has 152 valence electrons. The van der Waals surface area contributed by atoms with Crippen LogP contribution >= 0.6 is 0 Å². The van der Waals surface area contributed by atoms with Crippen molar-refractivity contribution >= 4 is 17.7 Å². The number of aliphatic hydroxyl groups excluding tert-OH is 4. The van der Waals surface area contributed by atoms with Crippen LogP contribution in [0.3, 0.4) is 0 Å². The Labute approximate surface area is 160 Å². The van der Waals surface area contributed by atoms with Crippen LogP contribution in [0.15, 0.2) is 24.3 Å². The molecule has 2 aliphatic heterocycles. The van der Waals surface area contributed by atoms with Gasteiger partial charge in [0, 0.05) is 13.0 Å². The largest absolute Gasteiger partial charge is 0.394 e. The van der Waals surface area contributed by atoms with Gasteiger partial charge in [0.25, 0.3) is 11.8 Å². The molecule has 0 aliphatic carbocycles. The Balaban J connectivity index is 1.50. The van der Waals surface area contributed by atoms with Crippen LogP contribution in [0.1, 0.15) is 33.6 Å². The Hall–Kier alpha value is -2.37. The van der Waals surface area contributed by atoms with Crippen molar-refractivity contribution in [3.63, 3.8) is 0 Å². The summed E-state index contributed by atoms with van der Waals surface area (Å²) in [6.07, 6.45) is -5.66. The number of rotatable bonds is 6. The van der Waals surface area contributed by atoms with Gasteiger partial charge in [0.15, 0.2) is 6.29 Å². The van der Waals surface area contributed by atoms with E-state index in [-0.39, 0.29) is 19.4 Å². The Kier molecular flexibility index (Phi) is 6.06. The number of amides is 3. The zero-order valence-electron chi connectivity index (χ0n) is 14.9. The minimum atomic E-state index is -1.60. The number of ether oxygens (including phenoxy) is 1. The number of nitrogens with one attached hydrogen (secondary N) is 1. The molecule has 1 aromatic rings. The summed E-state index contributed by atoms with van der Waals surface area (Å²) in [7, 11) is 0. The maximum absolute atomic E-state index is 12.3. The fraction of sp³-hybridized carbons (Fsp3) is 0.500. The van der Waals surface area contributed by atoms with Gasteiger partial charge in [-0.1, -0.05) is 12.1 Å². The fourth-order valence-electron chi connectivity index (χ4n) is 3.35. The predicted molar refractivity (Wildman–Crippen MR) is 93.0 cm³/mol. The highest BCUT2D eigenvalue weighted by Gasteiger charge is 2.44. The molecule has 2 heterocycles. The molecule has 28 heavy (non-hydrogen) atoms. The van der Waals surface area contributed by atoms with Crippen LogP contribution in [0, 0.1) is 0 Å². The van der Waals surface area contributed by atoms with Gasteiger partial charge < -0.3 is 30.5 Å². The SMILES string of the molecule is O=C(CCCN1C(=O)c2ccccc2C1=O)NC1C(O)OC(CO)C(O)C1O. The highest BCUT2D eigenvalue weighted by atomic mass is 16.6. The van der Waals surface area contributed by atoms with Gasteiger partial charge in [0.1, 0.15) is 24.4 Å². The van der Waals surface area contributed by atoms with E-state index in [0.29, 0.717) is 11.1 Å². The maximum Gasteiger partial charge on any atom is 0.261 e. The molecule has 1 aromatic carbocycles. The van der Waals surface area contributed by atoms with Crippen molar-refractivity contribution in [2.75, 3.05) is 13.2 Å². The van der Waals surface area contributed by atoms with E-state index in [1.165, 1.54) is 0 Å². The van der Waals surface area contributed by atoms with Crippen LogP contribution < -0.4 is 5.32 Å². The summed E-state index contributed by atoms with van der Waals surface area (Å²) in [5.41, 5.74) is 0.657. The zero-order valence-corrected chi connectivity index (χ0v) is 14.9. The Morgan fingerprint density at radius 1 is 1.07 bits per heavy atom. The van der Waals surface area contributed by atoms with Crippen molar-refractivity contribution in [1.82, 2.24) is 10.2 Å². The molecule has 0 aromatic heterocycles. The lowest BCUT2D eigenvalue weighted by molar-refractivity contribution is -0.253. The first-order valence-corrected chi connectivity index (χ1v) is 8.90. The summed E-state index contributed by atoms with van der Waals surface area (Å²) in [5, 5.41) is 41.1. The van der Waals surface area contributed by atoms with Gasteiger partial charge in [0.05, 0.1) is 17.7 Å². The summed E-state index contributed by atoms with van der Waals surface area (Å²) >= 11 is 0. The van der Waals surface area contributed by atoms with Gasteiger partial charge in [-0.25, -0.2) is 0 Å². The minimum Gasteiger partial charge on any atom is -0.394 e. The van der Waals surface area contributed by atoms with Gasteiger partial charge >= 0.3 is 0 Å². The van der Waals surface area contributed by atoms with Crippen molar-refractivity contribution in [3.8, 4) is 0 Å². The molecule has 0 saturated carbocycles. The van der Waals surface area contributed by atoms with Crippen molar-refractivity contribution < 1.29 is 39.5 Å². The number of imide groups is 1. The maximum atomic E-state index is 12.3. The molecule has 2 aliphatic rings. The number of carbonyl (C=O) groups is 3. The third-order valence-electron chi connectivity index (χ3n) is 4.89. The Morgan fingerprint density at radius 3 is 2.25 bits per heavy atom. The summed E-state index contributed by atoms with van der Waals surface area (Å²) < 4.78 is 4.96. The lowest BCUT2D eigenvalue weighted by Crippen LogP contribution is -2.64. The van der Waals surface area contributed by atoms with Gasteiger partial charge in [-0.15, -0.1) is 0 Å². The van der Waals surface area contributed by atoms with Gasteiger partial charge in [-0.2, -0.15) is 0 Å². The Morgan fingerprint density at radius 2 is 1.68 bits per heavy atom. The summed E-state index contributed by atoms with van der Waals surface area (Å²) in [4.78, 5) is 37.7. The number of fused-ring (bicyclic) bond motifs is 1. The zero-order chi connectivity index (χ0) is 20.4. The van der Waals surface area contributed by atoms with E-state index in [9.17, 15) is 29.7 Å². The van der Waals surface area contributed by atoms with Crippen molar-refractivity contribution in [2.45, 2.75) is 43.5 Å². The number of carbonyl (C=O) groups excluding carboxylic acids is 3. The molecular formula is C18H22N2O8. The molecule has 5 atom stereocenters. The standard InChI is InChI=1S/C18H22N2O8/c21-8-11-14(23)15(24)13(18(27)28-11)19-12(22)6-3-7-20-16(25)9-4-1-2-5-10(9)17(20)26/h1-2,4-5,11,13-15,18,21,23-24,27H,3,6-8H2,(H,19,22). The molecule has 0 radical (unpaired) electrons. The monoisotopic (exact) mass is 394 g/mol. The highest BCUT2D eigenvalue weighted by molar-refractivity contribution is 6.21. The summed E-state index contributed by atoms with van der Waals surface area (Å²) in [6.45, 7) is -0.558. The molecule has 0 bridgehead atoms. The third kappa shape index (κ3) is 3.77. The van der Waals surface area contributed by atoms with Gasteiger partial charge in [-0.3, -0.25) is 19.3 Å². The van der Waals surface area contributed by atoms with E-state index in [0.717, 1.165) is 4.90 Å². The van der Waals surface area contributed by atoms with E-state index in [1.54, 1.807) is 24.3 Å². The molecular weight excluding hydrogens is 372 g/mol. The minimum absolute atomic E-state index is 0.0429. The van der Waals surface area contributed by atoms with Crippen molar-refractivity contribution in [2.24, 2.45) is 0 Å². The fourth-order valence-corrected chi connectivity index (χ4v) is 3.35. The number of benzene rings is 1. The van der Waals surface area contributed by atoms with Crippen LogP contribution in [0.25, 0.3) is 0 Å². The van der Waals surface area contributed by atoms with Crippen LogP contribution in [0.2, 0.25) is 0 Å². The van der Waals surface area contributed by atoms with E-state index in [4.69, 9.17) is 9.84 Å². The molecule has 0 spiro atoms. The van der Waals surface area contributed by atoms with Crippen LogP contribution in [0.5, 0.6) is 0 Å². The molecule has 3 rings (SSSR count). The molecule has 10 nitrogen and oxygen atoms in total. The summed E-state index contributed by atoms with van der Waals surface area (Å²) in [6, 6.07) is 5.20. The highest BCUT2D eigenvalue weighted by Crippen LogP contribution is 2.23. The average molecular weight is 394 g/mol. The van der Waals surface area contributed by atoms with E-state index >= 15 is 0 Å². The van der Waals surface area contributed by atoms with Gasteiger partial charge in [-0.05, 0) is 18.6 Å². The smallest absolute Gasteiger partial charge is 0.261 e. The third-order valence-corrected chi connectivity index (χ3v) is 4.89. The average Bonchev–Trinajstić information content (AvgIpc) is 2.93. The number of aliphatic hydroxyl groups is 4. The lowest BCUT2D eigenvalue weighted by atomic mass is 9.97. The molecule has 5 unspecified atom stereocenters. The van der Waals surface area contributed by atoms with Crippen LogP contribution in [-0.4, -0.2) is 86.8 Å². The molecule has 10 heteroatoms. The normalized spacial score (nSPS) is 29.7. The second-order valence-electron chi connectivity index (χ2n) is 6.73.